The second-order valence-corrected chi connectivity index (χ2v) is 4.71. The third kappa shape index (κ3) is 3.39. The van der Waals surface area contributed by atoms with Crippen molar-refractivity contribution in [3.8, 4) is 5.75 Å². The maximum atomic E-state index is 13.5. The Morgan fingerprint density at radius 2 is 2.25 bits per heavy atom. The van der Waals surface area contributed by atoms with Crippen molar-refractivity contribution in [3.63, 3.8) is 0 Å². The lowest BCUT2D eigenvalue weighted by Gasteiger charge is -2.16. The molecule has 0 aromatic heterocycles. The smallest absolute Gasteiger partial charge is 0.165 e. The molecule has 0 aliphatic heterocycles. The summed E-state index contributed by atoms with van der Waals surface area (Å²) in [6.07, 6.45) is 0. The van der Waals surface area contributed by atoms with E-state index in [1.165, 1.54) is 13.2 Å². The second kappa shape index (κ2) is 6.76. The highest BCUT2D eigenvalue weighted by Gasteiger charge is 2.11. The Kier molecular flexibility index (Phi) is 5.63. The Morgan fingerprint density at radius 1 is 1.50 bits per heavy atom. The Labute approximate surface area is 101 Å². The molecule has 0 aliphatic carbocycles. The van der Waals surface area contributed by atoms with Crippen molar-refractivity contribution in [2.75, 3.05) is 25.7 Å². The summed E-state index contributed by atoms with van der Waals surface area (Å²) in [5.41, 5.74) is 0.960. The van der Waals surface area contributed by atoms with Gasteiger partial charge in [-0.25, -0.2) is 4.39 Å². The van der Waals surface area contributed by atoms with Gasteiger partial charge >= 0.3 is 0 Å². The maximum absolute atomic E-state index is 13.5. The number of thioether (sulfide) groups is 1. The summed E-state index contributed by atoms with van der Waals surface area (Å²) >= 11 is 1.84. The van der Waals surface area contributed by atoms with Gasteiger partial charge in [0.25, 0.3) is 0 Å². The molecule has 16 heavy (non-hydrogen) atoms. The maximum Gasteiger partial charge on any atom is 0.165 e. The summed E-state index contributed by atoms with van der Waals surface area (Å²) in [6, 6.07) is 5.30. The normalized spacial score (nSPS) is 12.5. The predicted octanol–water partition coefficient (Wildman–Crippen LogP) is 2.85. The first-order valence-corrected chi connectivity index (χ1v) is 6.46. The largest absolute Gasteiger partial charge is 0.494 e. The van der Waals surface area contributed by atoms with Gasteiger partial charge in [-0.15, -0.1) is 0 Å². The molecular formula is C12H18FNOS. The molecule has 1 aromatic carbocycles. The monoisotopic (exact) mass is 243 g/mol. The Bertz CT molecular complexity index is 333. The summed E-state index contributed by atoms with van der Waals surface area (Å²) in [7, 11) is 3.36. The first-order chi connectivity index (χ1) is 7.72. The highest BCUT2D eigenvalue weighted by Crippen LogP contribution is 2.23. The van der Waals surface area contributed by atoms with Gasteiger partial charge in [-0.3, -0.25) is 0 Å². The van der Waals surface area contributed by atoms with Crippen LogP contribution < -0.4 is 10.1 Å². The number of nitrogens with one attached hydrogen (secondary N) is 1. The number of benzene rings is 1. The fourth-order valence-corrected chi connectivity index (χ4v) is 2.31. The topological polar surface area (TPSA) is 21.3 Å². The van der Waals surface area contributed by atoms with Gasteiger partial charge in [-0.1, -0.05) is 13.0 Å². The van der Waals surface area contributed by atoms with E-state index in [0.717, 1.165) is 17.1 Å². The van der Waals surface area contributed by atoms with Gasteiger partial charge in [0, 0.05) is 11.8 Å². The van der Waals surface area contributed by atoms with Gasteiger partial charge < -0.3 is 10.1 Å². The molecule has 0 radical (unpaired) electrons. The van der Waals surface area contributed by atoms with Crippen molar-refractivity contribution in [1.29, 1.82) is 0 Å². The van der Waals surface area contributed by atoms with E-state index < -0.39 is 0 Å². The molecule has 0 saturated carbocycles. The molecule has 0 saturated heterocycles. The lowest BCUT2D eigenvalue weighted by atomic mass is 10.1. The summed E-state index contributed by atoms with van der Waals surface area (Å²) < 4.78 is 18.4. The van der Waals surface area contributed by atoms with Gasteiger partial charge in [0.1, 0.15) is 0 Å². The molecule has 90 valence electrons. The van der Waals surface area contributed by atoms with E-state index in [9.17, 15) is 4.39 Å². The van der Waals surface area contributed by atoms with Gasteiger partial charge in [0.05, 0.1) is 7.11 Å². The zero-order chi connectivity index (χ0) is 12.0. The predicted molar refractivity (Wildman–Crippen MR) is 67.8 cm³/mol. The van der Waals surface area contributed by atoms with Crippen LogP contribution in [-0.2, 0) is 0 Å². The molecule has 1 aromatic rings. The fraction of sp³-hybridized carbons (Fsp3) is 0.500. The molecule has 4 heteroatoms. The van der Waals surface area contributed by atoms with E-state index in [0.29, 0.717) is 5.75 Å². The zero-order valence-electron chi connectivity index (χ0n) is 9.92. The summed E-state index contributed by atoms with van der Waals surface area (Å²) in [5.74, 6) is 2.00. The van der Waals surface area contributed by atoms with Crippen LogP contribution in [0.1, 0.15) is 18.5 Å². The number of ether oxygens (including phenoxy) is 1. The number of rotatable bonds is 6. The van der Waals surface area contributed by atoms with E-state index in [2.05, 4.69) is 12.2 Å². The molecule has 0 heterocycles. The third-order valence-electron chi connectivity index (χ3n) is 2.42. The molecular weight excluding hydrogens is 225 g/mol. The van der Waals surface area contributed by atoms with Crippen LogP contribution in [0.3, 0.4) is 0 Å². The molecule has 1 N–H and O–H groups in total. The van der Waals surface area contributed by atoms with Crippen LogP contribution in [0.4, 0.5) is 4.39 Å². The second-order valence-electron chi connectivity index (χ2n) is 3.39. The van der Waals surface area contributed by atoms with Crippen LogP contribution in [0, 0.1) is 5.82 Å². The Hall–Kier alpha value is -0.740. The molecule has 0 spiro atoms. The van der Waals surface area contributed by atoms with Crippen LogP contribution in [0.25, 0.3) is 0 Å². The highest BCUT2D eigenvalue weighted by atomic mass is 32.2. The Balaban J connectivity index is 2.80. The minimum atomic E-state index is -0.304. The van der Waals surface area contributed by atoms with Crippen LogP contribution in [-0.4, -0.2) is 25.7 Å². The third-order valence-corrected chi connectivity index (χ3v) is 3.39. The standard InChI is InChI=1S/C12H18FNOS/c1-4-16-8-11(14-2)9-5-6-12(15-3)10(13)7-9/h5-7,11,14H,4,8H2,1-3H3. The molecule has 1 atom stereocenters. The first kappa shape index (κ1) is 13.3. The lowest BCUT2D eigenvalue weighted by Crippen LogP contribution is -2.19. The van der Waals surface area contributed by atoms with Gasteiger partial charge in [0.2, 0.25) is 0 Å². The van der Waals surface area contributed by atoms with Crippen molar-refractivity contribution in [2.45, 2.75) is 13.0 Å². The number of hydrogen-bond acceptors (Lipinski definition) is 3. The Morgan fingerprint density at radius 3 is 2.75 bits per heavy atom. The zero-order valence-corrected chi connectivity index (χ0v) is 10.7. The van der Waals surface area contributed by atoms with Crippen LogP contribution in [0.2, 0.25) is 0 Å². The molecule has 2 nitrogen and oxygen atoms in total. The SMILES string of the molecule is CCSCC(NC)c1ccc(OC)c(F)c1. The van der Waals surface area contributed by atoms with Crippen molar-refractivity contribution in [2.24, 2.45) is 0 Å². The molecule has 0 fully saturated rings. The average Bonchev–Trinajstić information content (AvgIpc) is 2.30. The van der Waals surface area contributed by atoms with Crippen LogP contribution >= 0.6 is 11.8 Å². The fourth-order valence-electron chi connectivity index (χ4n) is 1.48. The molecule has 0 bridgehead atoms. The van der Waals surface area contributed by atoms with Gasteiger partial charge in [0.15, 0.2) is 11.6 Å². The van der Waals surface area contributed by atoms with Crippen molar-refractivity contribution in [1.82, 2.24) is 5.32 Å². The van der Waals surface area contributed by atoms with Crippen molar-refractivity contribution < 1.29 is 9.13 Å². The average molecular weight is 243 g/mol. The highest BCUT2D eigenvalue weighted by molar-refractivity contribution is 7.99. The summed E-state index contributed by atoms with van der Waals surface area (Å²) in [5, 5.41) is 3.19. The molecule has 0 amide bonds. The van der Waals surface area contributed by atoms with E-state index in [1.54, 1.807) is 6.07 Å². The van der Waals surface area contributed by atoms with Crippen LogP contribution in [0.15, 0.2) is 18.2 Å². The van der Waals surface area contributed by atoms with E-state index in [1.807, 2.05) is 24.9 Å². The van der Waals surface area contributed by atoms with Gasteiger partial charge in [-0.2, -0.15) is 11.8 Å². The number of hydrogen-bond donors (Lipinski definition) is 1. The molecule has 1 rings (SSSR count). The van der Waals surface area contributed by atoms with E-state index in [4.69, 9.17) is 4.74 Å². The number of methoxy groups -OCH3 is 1. The minimum absolute atomic E-state index is 0.186. The van der Waals surface area contributed by atoms with Crippen LogP contribution in [0.5, 0.6) is 5.75 Å². The first-order valence-electron chi connectivity index (χ1n) is 5.31. The van der Waals surface area contributed by atoms with E-state index in [-0.39, 0.29) is 11.9 Å². The number of halogens is 1. The van der Waals surface area contributed by atoms with Crippen molar-refractivity contribution in [3.05, 3.63) is 29.6 Å². The minimum Gasteiger partial charge on any atom is -0.494 e. The molecule has 0 aliphatic rings. The quantitative estimate of drug-likeness (QED) is 0.830. The van der Waals surface area contributed by atoms with Gasteiger partial charge in [-0.05, 0) is 30.5 Å². The summed E-state index contributed by atoms with van der Waals surface area (Å²) in [4.78, 5) is 0. The van der Waals surface area contributed by atoms with Crippen molar-refractivity contribution >= 4 is 11.8 Å². The van der Waals surface area contributed by atoms with E-state index >= 15 is 0 Å². The molecule has 1 unspecified atom stereocenters. The summed E-state index contributed by atoms with van der Waals surface area (Å²) in [6.45, 7) is 2.12. The lowest BCUT2D eigenvalue weighted by molar-refractivity contribution is 0.385.